The molecule has 1 aliphatic rings. The van der Waals surface area contributed by atoms with E-state index < -0.39 is 0 Å². The fourth-order valence-corrected chi connectivity index (χ4v) is 3.38. The summed E-state index contributed by atoms with van der Waals surface area (Å²) in [5.41, 5.74) is 14.2. The van der Waals surface area contributed by atoms with Crippen LogP contribution in [0.2, 0.25) is 0 Å². The van der Waals surface area contributed by atoms with Crippen molar-refractivity contribution < 1.29 is 0 Å². The third kappa shape index (κ3) is 3.12. The number of hydrogen-bond donors (Lipinski definition) is 2. The lowest BCUT2D eigenvalue weighted by atomic mass is 10.1. The van der Waals surface area contributed by atoms with E-state index in [-0.39, 0.29) is 6.04 Å². The van der Waals surface area contributed by atoms with Gasteiger partial charge < -0.3 is 16.0 Å². The van der Waals surface area contributed by atoms with Crippen molar-refractivity contribution in [3.63, 3.8) is 0 Å². The molecule has 0 spiro atoms. The Morgan fingerprint density at radius 1 is 1.23 bits per heavy atom. The van der Waals surface area contributed by atoms with E-state index in [0.717, 1.165) is 67.3 Å². The highest BCUT2D eigenvalue weighted by atomic mass is 15.4. The molecule has 1 fully saturated rings. The van der Waals surface area contributed by atoms with E-state index in [1.165, 1.54) is 0 Å². The first kappa shape index (κ1) is 17.2. The predicted molar refractivity (Wildman–Crippen MR) is 102 cm³/mol. The zero-order valence-electron chi connectivity index (χ0n) is 15.3. The fraction of sp³-hybridized carbons (Fsp3) is 0.526. The maximum absolute atomic E-state index is 6.46. The molecule has 26 heavy (non-hydrogen) atoms. The van der Waals surface area contributed by atoms with Crippen LogP contribution in [0, 0.1) is 0 Å². The molecule has 2 aromatic heterocycles. The Kier molecular flexibility index (Phi) is 4.74. The number of fused-ring (bicyclic) bond motifs is 1. The molecule has 1 aromatic carbocycles. The molecule has 4 rings (SSSR count). The van der Waals surface area contributed by atoms with Crippen molar-refractivity contribution in [1.82, 2.24) is 24.3 Å². The topological polar surface area (TPSA) is 101 Å². The molecule has 4 N–H and O–H groups in total. The number of nitrogens with two attached hydrogens (primary N) is 2. The Bertz CT molecular complexity index is 891. The summed E-state index contributed by atoms with van der Waals surface area (Å²) in [7, 11) is 0. The van der Waals surface area contributed by atoms with E-state index in [9.17, 15) is 0 Å². The van der Waals surface area contributed by atoms with Crippen LogP contribution in [0.25, 0.3) is 17.0 Å². The summed E-state index contributed by atoms with van der Waals surface area (Å²) >= 11 is 0. The van der Waals surface area contributed by atoms with E-state index >= 15 is 0 Å². The second-order valence-corrected chi connectivity index (χ2v) is 7.10. The number of hydrogen-bond acceptors (Lipinski definition) is 5. The minimum absolute atomic E-state index is 0.187. The smallest absolute Gasteiger partial charge is 0.233 e. The fourth-order valence-electron chi connectivity index (χ4n) is 3.38. The van der Waals surface area contributed by atoms with E-state index in [0.29, 0.717) is 12.5 Å². The first-order chi connectivity index (χ1) is 12.7. The second kappa shape index (κ2) is 7.17. The number of benzene rings is 1. The molecule has 1 atom stereocenters. The molecule has 0 unspecified atom stereocenters. The van der Waals surface area contributed by atoms with Gasteiger partial charge in [0.2, 0.25) is 5.95 Å². The third-order valence-electron chi connectivity index (χ3n) is 4.91. The molecule has 0 saturated heterocycles. The van der Waals surface area contributed by atoms with Crippen molar-refractivity contribution in [1.29, 1.82) is 0 Å². The van der Waals surface area contributed by atoms with Gasteiger partial charge in [0.25, 0.3) is 0 Å². The number of aryl methyl sites for hydroxylation is 1. The lowest BCUT2D eigenvalue weighted by Crippen LogP contribution is -2.20. The van der Waals surface area contributed by atoms with Crippen LogP contribution in [0.3, 0.4) is 0 Å². The lowest BCUT2D eigenvalue weighted by molar-refractivity contribution is 0.553. The third-order valence-corrected chi connectivity index (χ3v) is 4.91. The van der Waals surface area contributed by atoms with Crippen molar-refractivity contribution in [3.8, 4) is 5.95 Å². The first-order valence-electron chi connectivity index (χ1n) is 9.61. The van der Waals surface area contributed by atoms with E-state index in [4.69, 9.17) is 26.5 Å². The van der Waals surface area contributed by atoms with E-state index in [1.807, 2.05) is 22.9 Å². The average molecular weight is 353 g/mol. The monoisotopic (exact) mass is 353 g/mol. The summed E-state index contributed by atoms with van der Waals surface area (Å²) in [4.78, 5) is 9.67. The van der Waals surface area contributed by atoms with Gasteiger partial charge in [0, 0.05) is 12.5 Å². The maximum atomic E-state index is 6.46. The van der Waals surface area contributed by atoms with Gasteiger partial charge in [0.15, 0.2) is 11.6 Å². The molecule has 3 aromatic rings. The van der Waals surface area contributed by atoms with Gasteiger partial charge in [-0.1, -0.05) is 19.1 Å². The van der Waals surface area contributed by atoms with Crippen LogP contribution in [0.5, 0.6) is 0 Å². The molecule has 7 heteroatoms. The Labute approximate surface area is 153 Å². The molecule has 1 saturated carbocycles. The first-order valence-corrected chi connectivity index (χ1v) is 9.61. The summed E-state index contributed by atoms with van der Waals surface area (Å²) in [6.07, 6.45) is 5.01. The molecule has 138 valence electrons. The van der Waals surface area contributed by atoms with Crippen molar-refractivity contribution >= 4 is 11.0 Å². The summed E-state index contributed by atoms with van der Waals surface area (Å²) in [5.74, 6) is 2.98. The molecule has 1 aliphatic carbocycles. The molecular weight excluding hydrogens is 326 g/mol. The van der Waals surface area contributed by atoms with Crippen LogP contribution in [0.15, 0.2) is 24.3 Å². The summed E-state index contributed by atoms with van der Waals surface area (Å²) in [5, 5.41) is 4.82. The zero-order valence-corrected chi connectivity index (χ0v) is 15.3. The van der Waals surface area contributed by atoms with Gasteiger partial charge >= 0.3 is 0 Å². The summed E-state index contributed by atoms with van der Waals surface area (Å²) < 4.78 is 4.10. The minimum atomic E-state index is -0.187. The van der Waals surface area contributed by atoms with Crippen LogP contribution in [-0.4, -0.2) is 30.9 Å². The maximum Gasteiger partial charge on any atom is 0.233 e. The van der Waals surface area contributed by atoms with Gasteiger partial charge in [-0.2, -0.15) is 4.68 Å². The molecule has 2 heterocycles. The van der Waals surface area contributed by atoms with Gasteiger partial charge in [-0.3, -0.25) is 0 Å². The van der Waals surface area contributed by atoms with Crippen LogP contribution < -0.4 is 11.5 Å². The highest BCUT2D eigenvalue weighted by Crippen LogP contribution is 2.39. The summed E-state index contributed by atoms with van der Waals surface area (Å²) in [6.45, 7) is 3.68. The number of para-hydroxylation sites is 2. The highest BCUT2D eigenvalue weighted by molar-refractivity contribution is 5.77. The van der Waals surface area contributed by atoms with E-state index in [2.05, 4.69) is 17.6 Å². The van der Waals surface area contributed by atoms with E-state index in [1.54, 1.807) is 0 Å². The van der Waals surface area contributed by atoms with Crippen molar-refractivity contribution in [2.75, 3.05) is 6.54 Å². The average Bonchev–Trinajstić information content (AvgIpc) is 3.31. The second-order valence-electron chi connectivity index (χ2n) is 7.10. The standard InChI is InChI=1S/C19H27N7/c1-2-12-25-16-8-4-3-7-15(16)22-19(25)26-18(14(21)6-5-11-20)23-17(24-26)13-9-10-13/h3-4,7-8,13-14H,2,5-6,9-12,20-21H2,1H3/t14-/m1/s1. The van der Waals surface area contributed by atoms with Crippen molar-refractivity contribution in [2.45, 2.75) is 57.5 Å². The zero-order chi connectivity index (χ0) is 18.1. The molecular formula is C19H27N7. The summed E-state index contributed by atoms with van der Waals surface area (Å²) in [6, 6.07) is 8.02. The van der Waals surface area contributed by atoms with Crippen LogP contribution >= 0.6 is 0 Å². The van der Waals surface area contributed by atoms with Gasteiger partial charge in [-0.05, 0) is 50.8 Å². The number of imidazole rings is 1. The minimum Gasteiger partial charge on any atom is -0.330 e. The van der Waals surface area contributed by atoms with Gasteiger partial charge in [-0.25, -0.2) is 9.97 Å². The molecule has 0 radical (unpaired) electrons. The van der Waals surface area contributed by atoms with Gasteiger partial charge in [0.1, 0.15) is 0 Å². The Morgan fingerprint density at radius 3 is 2.77 bits per heavy atom. The van der Waals surface area contributed by atoms with Crippen molar-refractivity contribution in [2.24, 2.45) is 11.5 Å². The molecule has 7 nitrogen and oxygen atoms in total. The molecule has 0 amide bonds. The number of aromatic nitrogens is 5. The van der Waals surface area contributed by atoms with Crippen LogP contribution in [0.4, 0.5) is 0 Å². The normalized spacial score (nSPS) is 15.7. The largest absolute Gasteiger partial charge is 0.330 e. The molecule has 0 bridgehead atoms. The Morgan fingerprint density at radius 2 is 2.04 bits per heavy atom. The Hall–Kier alpha value is -2.25. The van der Waals surface area contributed by atoms with Crippen molar-refractivity contribution in [3.05, 3.63) is 35.9 Å². The molecule has 0 aliphatic heterocycles. The van der Waals surface area contributed by atoms with Gasteiger partial charge in [-0.15, -0.1) is 5.10 Å². The van der Waals surface area contributed by atoms with Crippen LogP contribution in [0.1, 0.15) is 62.6 Å². The van der Waals surface area contributed by atoms with Gasteiger partial charge in [0.05, 0.1) is 17.1 Å². The van der Waals surface area contributed by atoms with Crippen LogP contribution in [-0.2, 0) is 6.54 Å². The number of rotatable bonds is 8. The quantitative estimate of drug-likeness (QED) is 0.648. The highest BCUT2D eigenvalue weighted by Gasteiger charge is 2.31. The Balaban J connectivity index is 1.83. The SMILES string of the molecule is CCCn1c(-n2nc(C3CC3)nc2[C@H](N)CCCN)nc2ccccc21. The predicted octanol–water partition coefficient (Wildman–Crippen LogP) is 2.64. The number of nitrogens with zero attached hydrogens (tertiary/aromatic N) is 5. The lowest BCUT2D eigenvalue weighted by Gasteiger charge is -2.13.